The van der Waals surface area contributed by atoms with Gasteiger partial charge in [-0.15, -0.1) is 12.4 Å². The molecule has 0 amide bonds. The monoisotopic (exact) mass is 336 g/mol. The molecule has 12 heteroatoms. The van der Waals surface area contributed by atoms with Crippen LogP contribution in [0.1, 0.15) is 6.42 Å². The van der Waals surface area contributed by atoms with E-state index in [4.69, 9.17) is 19.6 Å². The summed E-state index contributed by atoms with van der Waals surface area (Å²) < 4.78 is 22.2. The molecule has 1 rings (SSSR count). The Morgan fingerprint density at radius 1 is 1.32 bits per heavy atom. The molecule has 0 saturated heterocycles. The summed E-state index contributed by atoms with van der Waals surface area (Å²) in [7, 11) is -9.16. The first-order valence-corrected chi connectivity index (χ1v) is 7.97. The summed E-state index contributed by atoms with van der Waals surface area (Å²) >= 11 is 0. The summed E-state index contributed by atoms with van der Waals surface area (Å²) in [6.45, 7) is 0.358. The SMILES string of the molecule is CN1C=NC(CC(O)(P(=O)(O)O)P(=O)(O)O)=CC1.Cl. The van der Waals surface area contributed by atoms with Crippen molar-refractivity contribution in [3.8, 4) is 0 Å². The molecule has 0 spiro atoms. The van der Waals surface area contributed by atoms with E-state index in [1.54, 1.807) is 11.9 Å². The highest BCUT2D eigenvalue weighted by Gasteiger charge is 2.59. The van der Waals surface area contributed by atoms with Gasteiger partial charge in [0.05, 0.1) is 6.34 Å². The molecule has 0 aromatic carbocycles. The molecule has 112 valence electrons. The highest BCUT2D eigenvalue weighted by molar-refractivity contribution is 7.72. The average Bonchev–Trinajstić information content (AvgIpc) is 2.18. The smallest absolute Gasteiger partial charge is 0.367 e. The molecule has 0 aromatic heterocycles. The topological polar surface area (TPSA) is 151 Å². The maximum Gasteiger partial charge on any atom is 0.369 e. The van der Waals surface area contributed by atoms with Gasteiger partial charge in [-0.05, 0) is 6.08 Å². The summed E-state index contributed by atoms with van der Waals surface area (Å²) in [6, 6.07) is 0. The van der Waals surface area contributed by atoms with Gasteiger partial charge in [-0.3, -0.25) is 9.13 Å². The molecule has 1 aliphatic rings. The minimum Gasteiger partial charge on any atom is -0.367 e. The first-order chi connectivity index (χ1) is 7.97. The molecule has 9 nitrogen and oxygen atoms in total. The summed E-state index contributed by atoms with van der Waals surface area (Å²) in [5.74, 6) is 0. The standard InChI is InChI=1S/C7H14N2O7P2.ClH/c1-9-3-2-6(8-5-9)4-7(10,17(11,12)13)18(14,15)16;/h2,5,10H,3-4H2,1H3,(H2,11,12,13)(H2,14,15,16);1H. The maximum atomic E-state index is 11.1. The van der Waals surface area contributed by atoms with E-state index < -0.39 is 26.7 Å². The Kier molecular flexibility index (Phi) is 5.96. The van der Waals surface area contributed by atoms with Crippen LogP contribution in [0.3, 0.4) is 0 Å². The van der Waals surface area contributed by atoms with E-state index in [0.29, 0.717) is 6.54 Å². The van der Waals surface area contributed by atoms with Crippen molar-refractivity contribution in [2.45, 2.75) is 11.5 Å². The fourth-order valence-corrected chi connectivity index (χ4v) is 3.35. The van der Waals surface area contributed by atoms with Crippen molar-refractivity contribution in [2.24, 2.45) is 4.99 Å². The summed E-state index contributed by atoms with van der Waals surface area (Å²) in [5.41, 5.74) is 0.00208. The molecule has 0 bridgehead atoms. The molecule has 0 aromatic rings. The second kappa shape index (κ2) is 6.03. The Labute approximate surface area is 115 Å². The van der Waals surface area contributed by atoms with Gasteiger partial charge in [-0.1, -0.05) is 0 Å². The number of aliphatic imine (C=N–C) groups is 1. The summed E-state index contributed by atoms with van der Waals surface area (Å²) in [6.07, 6.45) is 1.82. The second-order valence-electron chi connectivity index (χ2n) is 3.92. The van der Waals surface area contributed by atoms with Gasteiger partial charge in [0.2, 0.25) is 0 Å². The van der Waals surface area contributed by atoms with E-state index >= 15 is 0 Å². The van der Waals surface area contributed by atoms with Crippen molar-refractivity contribution in [3.05, 3.63) is 11.8 Å². The quantitative estimate of drug-likeness (QED) is 0.437. The average molecular weight is 337 g/mol. The third-order valence-electron chi connectivity index (χ3n) is 2.39. The fourth-order valence-electron chi connectivity index (χ4n) is 1.26. The molecule has 5 N–H and O–H groups in total. The second-order valence-corrected chi connectivity index (χ2v) is 7.93. The van der Waals surface area contributed by atoms with Gasteiger partial charge in [-0.25, -0.2) is 4.99 Å². The molecular weight excluding hydrogens is 321 g/mol. The Morgan fingerprint density at radius 3 is 2.11 bits per heavy atom. The number of rotatable bonds is 4. The van der Waals surface area contributed by atoms with Crippen LogP contribution in [0.2, 0.25) is 0 Å². The molecule has 19 heavy (non-hydrogen) atoms. The summed E-state index contributed by atoms with van der Waals surface area (Å²) in [4.78, 5) is 41.1. The zero-order chi connectivity index (χ0) is 14.2. The molecular formula is C7H15ClN2O7P2. The Balaban J connectivity index is 0.00000324. The van der Waals surface area contributed by atoms with Crippen LogP contribution in [0.15, 0.2) is 16.8 Å². The Bertz CT molecular complexity index is 460. The van der Waals surface area contributed by atoms with Gasteiger partial charge >= 0.3 is 15.2 Å². The van der Waals surface area contributed by atoms with E-state index in [9.17, 15) is 14.2 Å². The van der Waals surface area contributed by atoms with Gasteiger partial charge in [0.1, 0.15) is 0 Å². The zero-order valence-corrected chi connectivity index (χ0v) is 12.4. The van der Waals surface area contributed by atoms with Crippen molar-refractivity contribution < 1.29 is 33.8 Å². The minimum atomic E-state index is -5.43. The third kappa shape index (κ3) is 4.11. The van der Waals surface area contributed by atoms with Crippen LogP contribution in [-0.4, -0.2) is 54.6 Å². The minimum absolute atomic E-state index is 0. The van der Waals surface area contributed by atoms with Crippen molar-refractivity contribution in [1.29, 1.82) is 0 Å². The lowest BCUT2D eigenvalue weighted by Gasteiger charge is -2.30. The largest absolute Gasteiger partial charge is 0.369 e. The zero-order valence-electron chi connectivity index (χ0n) is 9.82. The molecule has 0 atom stereocenters. The lowest BCUT2D eigenvalue weighted by Crippen LogP contribution is -2.30. The van der Waals surface area contributed by atoms with E-state index in [2.05, 4.69) is 4.99 Å². The van der Waals surface area contributed by atoms with E-state index in [1.165, 1.54) is 12.4 Å². The number of nitrogens with zero attached hydrogens (tertiary/aromatic N) is 2. The Hall–Kier alpha value is -0.240. The molecule has 0 radical (unpaired) electrons. The van der Waals surface area contributed by atoms with Crippen LogP contribution >= 0.6 is 27.6 Å². The first kappa shape index (κ1) is 18.8. The van der Waals surface area contributed by atoms with Crippen molar-refractivity contribution in [2.75, 3.05) is 13.6 Å². The first-order valence-electron chi connectivity index (χ1n) is 4.74. The number of likely N-dealkylation sites (N-methyl/N-ethyl adjacent to an activating group) is 1. The summed E-state index contributed by atoms with van der Waals surface area (Å²) in [5, 5.41) is 6.20. The Morgan fingerprint density at radius 2 is 1.79 bits per heavy atom. The van der Waals surface area contributed by atoms with Crippen LogP contribution in [0.4, 0.5) is 0 Å². The molecule has 0 fully saturated rings. The van der Waals surface area contributed by atoms with Crippen LogP contribution in [0, 0.1) is 0 Å². The molecule has 0 saturated carbocycles. The molecule has 0 aliphatic carbocycles. The molecule has 1 aliphatic heterocycles. The molecule has 0 unspecified atom stereocenters. The van der Waals surface area contributed by atoms with Gasteiger partial charge in [-0.2, -0.15) is 0 Å². The van der Waals surface area contributed by atoms with Crippen molar-refractivity contribution in [1.82, 2.24) is 4.90 Å². The normalized spacial score (nSPS) is 16.9. The third-order valence-corrected chi connectivity index (χ3v) is 6.13. The van der Waals surface area contributed by atoms with Crippen LogP contribution in [0.5, 0.6) is 0 Å². The lowest BCUT2D eigenvalue weighted by atomic mass is 10.3. The lowest BCUT2D eigenvalue weighted by molar-refractivity contribution is 0.130. The predicted octanol–water partition coefficient (Wildman–Crippen LogP) is -0.343. The number of hydrogen-bond donors (Lipinski definition) is 5. The fraction of sp³-hybridized carbons (Fsp3) is 0.571. The van der Waals surface area contributed by atoms with Crippen molar-refractivity contribution >= 4 is 33.9 Å². The van der Waals surface area contributed by atoms with Gasteiger partial charge in [0.15, 0.2) is 0 Å². The predicted molar refractivity (Wildman–Crippen MR) is 70.1 cm³/mol. The van der Waals surface area contributed by atoms with Gasteiger partial charge in [0, 0.05) is 25.7 Å². The van der Waals surface area contributed by atoms with E-state index in [0.717, 1.165) is 0 Å². The van der Waals surface area contributed by atoms with Crippen LogP contribution in [0.25, 0.3) is 0 Å². The molecule has 1 heterocycles. The van der Waals surface area contributed by atoms with Crippen molar-refractivity contribution in [3.63, 3.8) is 0 Å². The highest BCUT2D eigenvalue weighted by Crippen LogP contribution is 2.69. The van der Waals surface area contributed by atoms with E-state index in [-0.39, 0.29) is 18.1 Å². The number of hydrogen-bond acceptors (Lipinski definition) is 5. The van der Waals surface area contributed by atoms with Gasteiger partial charge in [0.25, 0.3) is 5.08 Å². The van der Waals surface area contributed by atoms with Crippen LogP contribution < -0.4 is 0 Å². The van der Waals surface area contributed by atoms with E-state index in [1.807, 2.05) is 0 Å². The van der Waals surface area contributed by atoms with Gasteiger partial charge < -0.3 is 29.6 Å². The maximum absolute atomic E-state index is 11.1. The highest BCUT2D eigenvalue weighted by atomic mass is 35.5. The van der Waals surface area contributed by atoms with Crippen LogP contribution in [-0.2, 0) is 9.13 Å². The number of aliphatic hydroxyl groups is 1. The number of halogens is 1.